The van der Waals surface area contributed by atoms with E-state index < -0.39 is 0 Å². The molecule has 1 aliphatic carbocycles. The lowest BCUT2D eigenvalue weighted by Gasteiger charge is -2.06. The predicted octanol–water partition coefficient (Wildman–Crippen LogP) is 2.36. The maximum atomic E-state index is 8.56. The zero-order valence-corrected chi connectivity index (χ0v) is 6.90. The van der Waals surface area contributed by atoms with Crippen molar-refractivity contribution in [2.24, 2.45) is 0 Å². The van der Waals surface area contributed by atoms with Crippen LogP contribution in [0.2, 0.25) is 0 Å². The highest BCUT2D eigenvalue weighted by molar-refractivity contribution is 7.93. The Bertz CT molecular complexity index is 237. The molecule has 0 bridgehead atoms. The van der Waals surface area contributed by atoms with E-state index in [1.807, 2.05) is 6.08 Å². The van der Waals surface area contributed by atoms with E-state index in [2.05, 4.69) is 12.1 Å². The summed E-state index contributed by atoms with van der Waals surface area (Å²) in [6.45, 7) is 0. The number of allylic oxidation sites excluding steroid dienone is 3. The van der Waals surface area contributed by atoms with Crippen LogP contribution in [0.4, 0.5) is 0 Å². The standard InChI is InChI=1S/C8H9NOS/c9-5-7-2-1-3-8(4-7)6-11-10/h3-4,10H,1-2,6H2. The minimum absolute atomic E-state index is 0.588. The first-order valence-corrected chi connectivity index (χ1v) is 4.37. The molecule has 3 heteroatoms. The second-order valence-corrected chi connectivity index (χ2v) is 2.92. The molecule has 2 nitrogen and oxygen atoms in total. The summed E-state index contributed by atoms with van der Waals surface area (Å²) in [5, 5.41) is 8.56. The van der Waals surface area contributed by atoms with Crippen molar-refractivity contribution in [1.82, 2.24) is 0 Å². The van der Waals surface area contributed by atoms with E-state index in [1.54, 1.807) is 0 Å². The highest BCUT2D eigenvalue weighted by Crippen LogP contribution is 2.18. The van der Waals surface area contributed by atoms with Gasteiger partial charge in [0.05, 0.1) is 6.07 Å². The van der Waals surface area contributed by atoms with Crippen LogP contribution in [-0.2, 0) is 0 Å². The van der Waals surface area contributed by atoms with E-state index in [9.17, 15) is 0 Å². The van der Waals surface area contributed by atoms with Crippen molar-refractivity contribution >= 4 is 12.0 Å². The Morgan fingerprint density at radius 3 is 3.18 bits per heavy atom. The summed E-state index contributed by atoms with van der Waals surface area (Å²) in [5.41, 5.74) is 1.87. The fourth-order valence-electron chi connectivity index (χ4n) is 1.03. The van der Waals surface area contributed by atoms with Gasteiger partial charge in [0, 0.05) is 11.3 Å². The number of nitriles is 1. The zero-order valence-electron chi connectivity index (χ0n) is 6.08. The average molecular weight is 167 g/mol. The lowest BCUT2D eigenvalue weighted by molar-refractivity contribution is 0.665. The Morgan fingerprint density at radius 1 is 1.73 bits per heavy atom. The van der Waals surface area contributed by atoms with Crippen molar-refractivity contribution in [2.75, 3.05) is 5.75 Å². The molecule has 0 fully saturated rings. The third kappa shape index (κ3) is 2.41. The van der Waals surface area contributed by atoms with Gasteiger partial charge in [0.15, 0.2) is 0 Å². The van der Waals surface area contributed by atoms with Crippen LogP contribution in [0, 0.1) is 11.3 Å². The lowest BCUT2D eigenvalue weighted by Crippen LogP contribution is -1.92. The number of rotatable bonds is 2. The molecular formula is C8H9NOS. The molecule has 58 valence electrons. The normalized spacial score (nSPS) is 16.7. The first-order valence-electron chi connectivity index (χ1n) is 3.43. The molecule has 1 aliphatic rings. The van der Waals surface area contributed by atoms with Crippen LogP contribution < -0.4 is 0 Å². The molecule has 0 heterocycles. The summed E-state index contributed by atoms with van der Waals surface area (Å²) in [5.74, 6) is 0.588. The molecular weight excluding hydrogens is 158 g/mol. The van der Waals surface area contributed by atoms with Gasteiger partial charge in [0.1, 0.15) is 0 Å². The van der Waals surface area contributed by atoms with Crippen LogP contribution in [0.3, 0.4) is 0 Å². The summed E-state index contributed by atoms with van der Waals surface area (Å²) in [7, 11) is 0. The van der Waals surface area contributed by atoms with Gasteiger partial charge in [-0.1, -0.05) is 6.08 Å². The van der Waals surface area contributed by atoms with Gasteiger partial charge >= 0.3 is 0 Å². The minimum atomic E-state index is 0.588. The van der Waals surface area contributed by atoms with E-state index in [0.29, 0.717) is 5.75 Å². The van der Waals surface area contributed by atoms with Crippen molar-refractivity contribution in [2.45, 2.75) is 12.8 Å². The molecule has 1 rings (SSSR count). The molecule has 0 aromatic carbocycles. The molecule has 0 amide bonds. The molecule has 0 unspecified atom stereocenters. The SMILES string of the molecule is N#CC1=CC(CSO)=CCC1. The molecule has 0 aliphatic heterocycles. The highest BCUT2D eigenvalue weighted by atomic mass is 32.2. The summed E-state index contributed by atoms with van der Waals surface area (Å²) in [4.78, 5) is 0. The van der Waals surface area contributed by atoms with Gasteiger partial charge in [-0.25, -0.2) is 0 Å². The van der Waals surface area contributed by atoms with Crippen LogP contribution in [-0.4, -0.2) is 10.3 Å². The van der Waals surface area contributed by atoms with E-state index in [4.69, 9.17) is 9.81 Å². The van der Waals surface area contributed by atoms with Gasteiger partial charge < -0.3 is 4.55 Å². The Balaban J connectivity index is 2.62. The fraction of sp³-hybridized carbons (Fsp3) is 0.375. The predicted molar refractivity (Wildman–Crippen MR) is 46.1 cm³/mol. The Labute approximate surface area is 70.4 Å². The van der Waals surface area contributed by atoms with Gasteiger partial charge in [0.2, 0.25) is 0 Å². The fourth-order valence-corrected chi connectivity index (χ4v) is 1.38. The maximum Gasteiger partial charge on any atom is 0.0947 e. The number of nitrogens with zero attached hydrogens (tertiary/aromatic N) is 1. The van der Waals surface area contributed by atoms with Crippen LogP contribution in [0.5, 0.6) is 0 Å². The van der Waals surface area contributed by atoms with Gasteiger partial charge in [0.25, 0.3) is 0 Å². The number of hydrogen-bond acceptors (Lipinski definition) is 3. The third-order valence-corrected chi connectivity index (χ3v) is 2.02. The third-order valence-electron chi connectivity index (χ3n) is 1.55. The van der Waals surface area contributed by atoms with E-state index in [-0.39, 0.29) is 0 Å². The number of hydrogen-bond donors (Lipinski definition) is 1. The lowest BCUT2D eigenvalue weighted by atomic mass is 10.0. The molecule has 0 atom stereocenters. The smallest absolute Gasteiger partial charge is 0.0947 e. The summed E-state index contributed by atoms with van der Waals surface area (Å²) < 4.78 is 8.54. The first kappa shape index (κ1) is 8.38. The van der Waals surface area contributed by atoms with Crippen molar-refractivity contribution < 1.29 is 4.55 Å². The summed E-state index contributed by atoms with van der Waals surface area (Å²) in [6, 6.07) is 2.12. The van der Waals surface area contributed by atoms with E-state index in [1.165, 1.54) is 0 Å². The Kier molecular flexibility index (Phi) is 3.21. The van der Waals surface area contributed by atoms with Crippen LogP contribution in [0.1, 0.15) is 12.8 Å². The van der Waals surface area contributed by atoms with Crippen LogP contribution in [0.25, 0.3) is 0 Å². The highest BCUT2D eigenvalue weighted by Gasteiger charge is 2.03. The molecule has 0 saturated heterocycles. The van der Waals surface area contributed by atoms with Crippen molar-refractivity contribution in [3.8, 4) is 6.07 Å². The molecule has 11 heavy (non-hydrogen) atoms. The molecule has 0 radical (unpaired) electrons. The van der Waals surface area contributed by atoms with Crippen LogP contribution in [0.15, 0.2) is 23.3 Å². The van der Waals surface area contributed by atoms with E-state index >= 15 is 0 Å². The molecule has 1 N–H and O–H groups in total. The second kappa shape index (κ2) is 4.22. The van der Waals surface area contributed by atoms with Gasteiger partial charge in [-0.3, -0.25) is 0 Å². The maximum absolute atomic E-state index is 8.56. The van der Waals surface area contributed by atoms with Crippen molar-refractivity contribution in [3.05, 3.63) is 23.3 Å². The molecule has 0 spiro atoms. The van der Waals surface area contributed by atoms with Gasteiger partial charge in [-0.15, -0.1) is 0 Å². The Hall–Kier alpha value is -0.720. The quantitative estimate of drug-likeness (QED) is 0.642. The van der Waals surface area contributed by atoms with E-state index in [0.717, 1.165) is 36.0 Å². The molecule has 0 saturated carbocycles. The Morgan fingerprint density at radius 2 is 2.55 bits per heavy atom. The molecule has 0 aromatic rings. The van der Waals surface area contributed by atoms with Crippen LogP contribution >= 0.6 is 12.0 Å². The topological polar surface area (TPSA) is 44.0 Å². The monoisotopic (exact) mass is 167 g/mol. The summed E-state index contributed by atoms with van der Waals surface area (Å²) in [6.07, 6.45) is 5.68. The average Bonchev–Trinajstić information content (AvgIpc) is 2.06. The largest absolute Gasteiger partial charge is 0.330 e. The summed E-state index contributed by atoms with van der Waals surface area (Å²) >= 11 is 0.798. The molecule has 0 aromatic heterocycles. The first-order chi connectivity index (χ1) is 5.36. The van der Waals surface area contributed by atoms with Gasteiger partial charge in [-0.05, 0) is 36.5 Å². The zero-order chi connectivity index (χ0) is 8.10. The second-order valence-electron chi connectivity index (χ2n) is 2.37. The van der Waals surface area contributed by atoms with Crippen molar-refractivity contribution in [3.63, 3.8) is 0 Å². The van der Waals surface area contributed by atoms with Crippen molar-refractivity contribution in [1.29, 1.82) is 5.26 Å². The minimum Gasteiger partial charge on any atom is -0.330 e. The van der Waals surface area contributed by atoms with Gasteiger partial charge in [-0.2, -0.15) is 5.26 Å².